The van der Waals surface area contributed by atoms with Crippen LogP contribution in [0.15, 0.2) is 11.6 Å². The summed E-state index contributed by atoms with van der Waals surface area (Å²) < 4.78 is 0. The quantitative estimate of drug-likeness (QED) is 0.740. The van der Waals surface area contributed by atoms with Gasteiger partial charge in [-0.2, -0.15) is 0 Å². The Bertz CT molecular complexity index is 327. The monoisotopic (exact) mass is 262 g/mol. The van der Waals surface area contributed by atoms with Crippen LogP contribution in [0.25, 0.3) is 0 Å². The van der Waals surface area contributed by atoms with Crippen LogP contribution in [0.2, 0.25) is 0 Å². The normalized spacial score (nSPS) is 27.3. The van der Waals surface area contributed by atoms with Crippen molar-refractivity contribution in [3.05, 3.63) is 11.6 Å². The van der Waals surface area contributed by atoms with Gasteiger partial charge >= 0.3 is 0 Å². The van der Waals surface area contributed by atoms with E-state index < -0.39 is 0 Å². The standard InChI is InChI=1S/C17H30N2/c1-14(2)5-10-19-11-6-16(7-12-19)18-13-17(8-9-17)15-3-4-15/h5,15-16,18H,3-4,6-13H2,1-2H3. The summed E-state index contributed by atoms with van der Waals surface area (Å²) in [7, 11) is 0. The number of likely N-dealkylation sites (tertiary alicyclic amines) is 1. The third-order valence-electron chi connectivity index (χ3n) is 5.42. The molecule has 0 amide bonds. The summed E-state index contributed by atoms with van der Waals surface area (Å²) in [5, 5.41) is 3.89. The largest absolute Gasteiger partial charge is 0.313 e. The molecule has 0 aromatic heterocycles. The predicted octanol–water partition coefficient (Wildman–Crippen LogP) is 3.20. The van der Waals surface area contributed by atoms with Crippen LogP contribution in [0.4, 0.5) is 0 Å². The molecule has 0 aromatic rings. The molecule has 0 atom stereocenters. The van der Waals surface area contributed by atoms with E-state index in [1.807, 2.05) is 0 Å². The fraction of sp³-hybridized carbons (Fsp3) is 0.882. The second-order valence-electron chi connectivity index (χ2n) is 7.37. The molecule has 2 heteroatoms. The number of nitrogens with zero attached hydrogens (tertiary/aromatic N) is 1. The van der Waals surface area contributed by atoms with E-state index in [0.717, 1.165) is 23.9 Å². The molecule has 2 saturated carbocycles. The molecule has 2 aliphatic carbocycles. The molecule has 108 valence electrons. The third kappa shape index (κ3) is 3.61. The summed E-state index contributed by atoms with van der Waals surface area (Å²) in [6.07, 6.45) is 11.1. The fourth-order valence-electron chi connectivity index (χ4n) is 3.56. The highest BCUT2D eigenvalue weighted by atomic mass is 15.1. The lowest BCUT2D eigenvalue weighted by atomic mass is 9.98. The number of nitrogens with one attached hydrogen (secondary N) is 1. The summed E-state index contributed by atoms with van der Waals surface area (Å²) in [6, 6.07) is 0.791. The van der Waals surface area contributed by atoms with E-state index >= 15 is 0 Å². The van der Waals surface area contributed by atoms with Crippen molar-refractivity contribution in [2.24, 2.45) is 11.3 Å². The second-order valence-corrected chi connectivity index (χ2v) is 7.37. The predicted molar refractivity (Wildman–Crippen MR) is 81.3 cm³/mol. The fourth-order valence-corrected chi connectivity index (χ4v) is 3.56. The zero-order valence-corrected chi connectivity index (χ0v) is 12.8. The van der Waals surface area contributed by atoms with Gasteiger partial charge in [-0.3, -0.25) is 4.90 Å². The Morgan fingerprint density at radius 2 is 1.84 bits per heavy atom. The van der Waals surface area contributed by atoms with Gasteiger partial charge in [0.25, 0.3) is 0 Å². The number of hydrogen-bond donors (Lipinski definition) is 1. The van der Waals surface area contributed by atoms with Crippen LogP contribution in [0.5, 0.6) is 0 Å². The first kappa shape index (κ1) is 13.6. The van der Waals surface area contributed by atoms with Gasteiger partial charge in [-0.25, -0.2) is 0 Å². The average molecular weight is 262 g/mol. The van der Waals surface area contributed by atoms with E-state index in [1.165, 1.54) is 63.7 Å². The van der Waals surface area contributed by atoms with Crippen LogP contribution >= 0.6 is 0 Å². The van der Waals surface area contributed by atoms with Crippen molar-refractivity contribution in [1.82, 2.24) is 10.2 Å². The van der Waals surface area contributed by atoms with Gasteiger partial charge in [0.15, 0.2) is 0 Å². The van der Waals surface area contributed by atoms with Gasteiger partial charge in [-0.1, -0.05) is 11.6 Å². The smallest absolute Gasteiger partial charge is 0.0165 e. The minimum atomic E-state index is 0.763. The van der Waals surface area contributed by atoms with Gasteiger partial charge in [0.05, 0.1) is 0 Å². The van der Waals surface area contributed by atoms with Gasteiger partial charge in [-0.05, 0) is 76.8 Å². The Morgan fingerprint density at radius 3 is 2.37 bits per heavy atom. The summed E-state index contributed by atoms with van der Waals surface area (Å²) in [6.45, 7) is 9.41. The lowest BCUT2D eigenvalue weighted by Crippen LogP contribution is -2.44. The molecule has 1 saturated heterocycles. The molecule has 2 nitrogen and oxygen atoms in total. The minimum Gasteiger partial charge on any atom is -0.313 e. The molecular formula is C17H30N2. The molecular weight excluding hydrogens is 232 g/mol. The zero-order chi connectivity index (χ0) is 13.3. The highest BCUT2D eigenvalue weighted by molar-refractivity contribution is 5.05. The topological polar surface area (TPSA) is 15.3 Å². The first-order valence-electron chi connectivity index (χ1n) is 8.27. The van der Waals surface area contributed by atoms with Gasteiger partial charge in [0.2, 0.25) is 0 Å². The van der Waals surface area contributed by atoms with Crippen LogP contribution in [-0.4, -0.2) is 37.1 Å². The SMILES string of the molecule is CC(C)=CCN1CCC(NCC2(C3CC3)CC2)CC1. The third-order valence-corrected chi connectivity index (χ3v) is 5.42. The van der Waals surface area contributed by atoms with Crippen LogP contribution in [0, 0.1) is 11.3 Å². The molecule has 0 unspecified atom stereocenters. The number of hydrogen-bond acceptors (Lipinski definition) is 2. The van der Waals surface area contributed by atoms with Crippen molar-refractivity contribution in [2.75, 3.05) is 26.2 Å². The Balaban J connectivity index is 1.35. The Kier molecular flexibility index (Phi) is 4.00. The van der Waals surface area contributed by atoms with Crippen molar-refractivity contribution in [3.63, 3.8) is 0 Å². The van der Waals surface area contributed by atoms with Crippen LogP contribution in [0.3, 0.4) is 0 Å². The number of rotatable bonds is 6. The summed E-state index contributed by atoms with van der Waals surface area (Å²) in [5.74, 6) is 1.10. The molecule has 0 spiro atoms. The Labute approximate surface area is 118 Å². The lowest BCUT2D eigenvalue weighted by Gasteiger charge is -2.33. The summed E-state index contributed by atoms with van der Waals surface area (Å²) >= 11 is 0. The molecule has 1 N–H and O–H groups in total. The maximum Gasteiger partial charge on any atom is 0.0165 e. The van der Waals surface area contributed by atoms with Gasteiger partial charge < -0.3 is 5.32 Å². The molecule has 0 aromatic carbocycles. The molecule has 3 rings (SSSR count). The molecule has 1 aliphatic heterocycles. The van der Waals surface area contributed by atoms with Crippen molar-refractivity contribution in [3.8, 4) is 0 Å². The second kappa shape index (κ2) is 5.57. The Hall–Kier alpha value is -0.340. The van der Waals surface area contributed by atoms with E-state index in [1.54, 1.807) is 0 Å². The van der Waals surface area contributed by atoms with E-state index in [2.05, 4.69) is 30.1 Å². The summed E-state index contributed by atoms with van der Waals surface area (Å²) in [5.41, 5.74) is 2.21. The molecule has 3 aliphatic rings. The van der Waals surface area contributed by atoms with Gasteiger partial charge in [0, 0.05) is 19.1 Å². The average Bonchev–Trinajstić information content (AvgIpc) is 3.27. The van der Waals surface area contributed by atoms with Crippen LogP contribution in [-0.2, 0) is 0 Å². The van der Waals surface area contributed by atoms with Gasteiger partial charge in [-0.15, -0.1) is 0 Å². The molecule has 19 heavy (non-hydrogen) atoms. The first-order chi connectivity index (χ1) is 9.18. The van der Waals surface area contributed by atoms with E-state index in [9.17, 15) is 0 Å². The summed E-state index contributed by atoms with van der Waals surface area (Å²) in [4.78, 5) is 2.60. The van der Waals surface area contributed by atoms with Crippen LogP contribution < -0.4 is 5.32 Å². The van der Waals surface area contributed by atoms with Crippen molar-refractivity contribution in [2.45, 2.75) is 58.4 Å². The lowest BCUT2D eigenvalue weighted by molar-refractivity contribution is 0.207. The van der Waals surface area contributed by atoms with Crippen molar-refractivity contribution >= 4 is 0 Å². The number of allylic oxidation sites excluding steroid dienone is 1. The first-order valence-corrected chi connectivity index (χ1v) is 8.27. The number of piperidine rings is 1. The highest BCUT2D eigenvalue weighted by Crippen LogP contribution is 2.60. The zero-order valence-electron chi connectivity index (χ0n) is 12.8. The minimum absolute atomic E-state index is 0.763. The molecule has 0 radical (unpaired) electrons. The highest BCUT2D eigenvalue weighted by Gasteiger charge is 2.53. The van der Waals surface area contributed by atoms with E-state index in [-0.39, 0.29) is 0 Å². The van der Waals surface area contributed by atoms with Crippen molar-refractivity contribution < 1.29 is 0 Å². The van der Waals surface area contributed by atoms with Crippen molar-refractivity contribution in [1.29, 1.82) is 0 Å². The van der Waals surface area contributed by atoms with Crippen LogP contribution in [0.1, 0.15) is 52.4 Å². The molecule has 3 fully saturated rings. The molecule has 1 heterocycles. The molecule has 0 bridgehead atoms. The maximum absolute atomic E-state index is 3.89. The maximum atomic E-state index is 3.89. The van der Waals surface area contributed by atoms with E-state index in [0.29, 0.717) is 0 Å². The Morgan fingerprint density at radius 1 is 1.16 bits per heavy atom. The van der Waals surface area contributed by atoms with Gasteiger partial charge in [0.1, 0.15) is 0 Å². The van der Waals surface area contributed by atoms with E-state index in [4.69, 9.17) is 0 Å².